The van der Waals surface area contributed by atoms with E-state index in [0.717, 1.165) is 109 Å². The number of hydrogen-bond acceptors (Lipinski definition) is 7. The summed E-state index contributed by atoms with van der Waals surface area (Å²) in [4.78, 5) is 35.7. The lowest BCUT2D eigenvalue weighted by Gasteiger charge is -2.24. The van der Waals surface area contributed by atoms with Crippen molar-refractivity contribution in [2.75, 3.05) is 47.5 Å². The number of quaternary nitrogens is 1. The molecule has 0 aliphatic rings. The number of unbranched alkanes of at least 4 members (excludes halogenated alkanes) is 19. The van der Waals surface area contributed by atoms with Crippen LogP contribution in [0.2, 0.25) is 0 Å². The van der Waals surface area contributed by atoms with Crippen LogP contribution in [0.15, 0.2) is 109 Å². The Morgan fingerprint density at radius 1 is 0.444 bits per heavy atom. The third kappa shape index (κ3) is 56.0. The van der Waals surface area contributed by atoms with Crippen molar-refractivity contribution in [2.45, 2.75) is 225 Å². The van der Waals surface area contributed by atoms with E-state index in [1.54, 1.807) is 0 Å². The minimum atomic E-state index is -4.40. The van der Waals surface area contributed by atoms with Gasteiger partial charge in [-0.05, 0) is 103 Å². The van der Waals surface area contributed by atoms with Gasteiger partial charge in [0.25, 0.3) is 0 Å². The van der Waals surface area contributed by atoms with E-state index < -0.39 is 26.5 Å². The number of likely N-dealkylation sites (N-methyl/N-ethyl adjacent to an activating group) is 1. The molecule has 0 fully saturated rings. The van der Waals surface area contributed by atoms with Crippen molar-refractivity contribution < 1.29 is 42.1 Å². The van der Waals surface area contributed by atoms with Crippen molar-refractivity contribution in [3.63, 3.8) is 0 Å². The van der Waals surface area contributed by atoms with Gasteiger partial charge in [-0.25, -0.2) is 4.57 Å². The average molecular weight is 1030 g/mol. The first-order chi connectivity index (χ1) is 35.0. The molecule has 0 rings (SSSR count). The zero-order chi connectivity index (χ0) is 52.7. The fourth-order valence-electron chi connectivity index (χ4n) is 7.38. The number of nitrogens with zero attached hydrogens (tertiary/aromatic N) is 1. The van der Waals surface area contributed by atoms with Gasteiger partial charge in [-0.15, -0.1) is 0 Å². The van der Waals surface area contributed by atoms with Crippen molar-refractivity contribution >= 4 is 19.8 Å². The molecular weight excluding hydrogens is 918 g/mol. The molecule has 0 spiro atoms. The van der Waals surface area contributed by atoms with Gasteiger partial charge in [0, 0.05) is 12.8 Å². The monoisotopic (exact) mass is 1020 g/mol. The zero-order valence-corrected chi connectivity index (χ0v) is 47.5. The number of ether oxygens (including phenoxy) is 2. The van der Waals surface area contributed by atoms with Crippen molar-refractivity contribution in [1.29, 1.82) is 0 Å². The Morgan fingerprint density at radius 2 is 0.792 bits per heavy atom. The lowest BCUT2D eigenvalue weighted by molar-refractivity contribution is -0.870. The van der Waals surface area contributed by atoms with Crippen LogP contribution in [0.25, 0.3) is 0 Å². The van der Waals surface area contributed by atoms with Crippen molar-refractivity contribution in [3.05, 3.63) is 109 Å². The molecule has 0 saturated carbocycles. The van der Waals surface area contributed by atoms with Crippen LogP contribution in [0.5, 0.6) is 0 Å². The molecular formula is C62H107NO8P+. The van der Waals surface area contributed by atoms with Crippen molar-refractivity contribution in [2.24, 2.45) is 0 Å². The molecule has 0 radical (unpaired) electrons. The summed E-state index contributed by atoms with van der Waals surface area (Å²) in [6.07, 6.45) is 72.9. The first-order valence-electron chi connectivity index (χ1n) is 28.6. The summed E-state index contributed by atoms with van der Waals surface area (Å²) in [6.45, 7) is 4.27. The molecule has 0 heterocycles. The summed E-state index contributed by atoms with van der Waals surface area (Å²) in [5, 5.41) is 0. The second kappa shape index (κ2) is 52.5. The highest BCUT2D eigenvalue weighted by Gasteiger charge is 2.27. The fourth-order valence-corrected chi connectivity index (χ4v) is 8.12. The third-order valence-electron chi connectivity index (χ3n) is 11.8. The smallest absolute Gasteiger partial charge is 0.462 e. The lowest BCUT2D eigenvalue weighted by atomic mass is 10.1. The van der Waals surface area contributed by atoms with E-state index in [9.17, 15) is 19.0 Å². The molecule has 72 heavy (non-hydrogen) atoms. The Balaban J connectivity index is 4.26. The topological polar surface area (TPSA) is 108 Å². The number of phosphoric acid groups is 1. The van der Waals surface area contributed by atoms with Crippen molar-refractivity contribution in [1.82, 2.24) is 0 Å². The van der Waals surface area contributed by atoms with Gasteiger partial charge in [-0.1, -0.05) is 213 Å². The predicted octanol–water partition coefficient (Wildman–Crippen LogP) is 17.8. The summed E-state index contributed by atoms with van der Waals surface area (Å²) in [6, 6.07) is 0. The van der Waals surface area contributed by atoms with Gasteiger partial charge in [0.15, 0.2) is 6.10 Å². The van der Waals surface area contributed by atoms with Crippen LogP contribution in [-0.2, 0) is 32.7 Å². The van der Waals surface area contributed by atoms with E-state index in [1.165, 1.54) is 77.0 Å². The minimum Gasteiger partial charge on any atom is -0.462 e. The number of rotatable bonds is 51. The summed E-state index contributed by atoms with van der Waals surface area (Å²) >= 11 is 0. The Morgan fingerprint density at radius 3 is 1.18 bits per heavy atom. The highest BCUT2D eigenvalue weighted by atomic mass is 31.2. The quantitative estimate of drug-likeness (QED) is 0.0211. The molecule has 0 bridgehead atoms. The Labute approximate surface area is 442 Å². The molecule has 10 heteroatoms. The summed E-state index contributed by atoms with van der Waals surface area (Å²) < 4.78 is 34.5. The largest absolute Gasteiger partial charge is 0.472 e. The third-order valence-corrected chi connectivity index (χ3v) is 12.8. The maximum absolute atomic E-state index is 12.8. The van der Waals surface area contributed by atoms with Crippen LogP contribution >= 0.6 is 7.82 Å². The SMILES string of the molecule is CC/C=C\C/C=C\C/C=C\C/C=C\C/C=C\C/C=C\CCCCCCCCCCC(=O)OC(COC(=O)CCCCCCCC/C=C\C/C=C\C/C=C\CCCCCCC)COP(=O)(O)OCC[N+](C)(C)C. The molecule has 0 aromatic carbocycles. The van der Waals surface area contributed by atoms with E-state index in [4.69, 9.17) is 18.5 Å². The zero-order valence-electron chi connectivity index (χ0n) is 46.6. The number of carbonyl (C=O) groups excluding carboxylic acids is 2. The molecule has 0 aromatic heterocycles. The molecule has 0 saturated heterocycles. The van der Waals surface area contributed by atoms with Gasteiger partial charge in [0.1, 0.15) is 19.8 Å². The van der Waals surface area contributed by atoms with Gasteiger partial charge in [0.05, 0.1) is 27.7 Å². The molecule has 0 aliphatic heterocycles. The number of allylic oxidation sites excluding steroid dienone is 18. The molecule has 2 unspecified atom stereocenters. The maximum Gasteiger partial charge on any atom is 0.472 e. The maximum atomic E-state index is 12.8. The molecule has 0 aromatic rings. The van der Waals surface area contributed by atoms with E-state index in [1.807, 2.05) is 21.1 Å². The molecule has 0 amide bonds. The first kappa shape index (κ1) is 68.7. The highest BCUT2D eigenvalue weighted by molar-refractivity contribution is 7.47. The Hall–Kier alpha value is -3.33. The molecule has 0 aliphatic carbocycles. The van der Waals surface area contributed by atoms with Gasteiger partial charge in [0.2, 0.25) is 0 Å². The second-order valence-corrected chi connectivity index (χ2v) is 21.4. The van der Waals surface area contributed by atoms with Gasteiger partial charge in [-0.2, -0.15) is 0 Å². The van der Waals surface area contributed by atoms with Gasteiger partial charge < -0.3 is 18.9 Å². The molecule has 2 atom stereocenters. The lowest BCUT2D eigenvalue weighted by Crippen LogP contribution is -2.37. The highest BCUT2D eigenvalue weighted by Crippen LogP contribution is 2.43. The number of hydrogen-bond donors (Lipinski definition) is 1. The van der Waals surface area contributed by atoms with E-state index in [-0.39, 0.29) is 32.0 Å². The van der Waals surface area contributed by atoms with Crippen LogP contribution < -0.4 is 0 Å². The summed E-state index contributed by atoms with van der Waals surface area (Å²) in [7, 11) is 1.45. The van der Waals surface area contributed by atoms with E-state index >= 15 is 0 Å². The van der Waals surface area contributed by atoms with Gasteiger partial charge >= 0.3 is 19.8 Å². The van der Waals surface area contributed by atoms with E-state index in [2.05, 4.69) is 123 Å². The van der Waals surface area contributed by atoms with Gasteiger partial charge in [-0.3, -0.25) is 18.6 Å². The average Bonchev–Trinajstić information content (AvgIpc) is 3.34. The standard InChI is InChI=1S/C62H106NO8P/c1-6-8-10-12-14-16-18-20-22-24-26-28-29-30-31-32-33-35-37-39-41-43-45-47-49-51-53-55-62(65)71-60(59-70-72(66,67)69-57-56-63(3,4)5)58-68-61(64)54-52-50-48-46-44-42-40-38-36-34-27-25-23-21-19-17-15-13-11-9-7-2/h8,10,14,16,19-22,25-28,30-31,33,35-36,38,60H,6-7,9,11-13,15,17-18,23-24,29,32,34,37,39-59H2,1-5H3/p+1/b10-8-,16-14-,21-19-,22-20-,27-25-,28-26-,31-30-,35-33-,38-36-. The second-order valence-electron chi connectivity index (χ2n) is 19.9. The molecule has 1 N–H and O–H groups in total. The number of phosphoric ester groups is 1. The minimum absolute atomic E-state index is 0.0216. The predicted molar refractivity (Wildman–Crippen MR) is 307 cm³/mol. The first-order valence-corrected chi connectivity index (χ1v) is 30.1. The van der Waals surface area contributed by atoms with E-state index in [0.29, 0.717) is 17.4 Å². The number of esters is 2. The van der Waals surface area contributed by atoms with Crippen LogP contribution in [-0.4, -0.2) is 74.9 Å². The Bertz CT molecular complexity index is 1580. The summed E-state index contributed by atoms with van der Waals surface area (Å²) in [5.74, 6) is -0.828. The summed E-state index contributed by atoms with van der Waals surface area (Å²) in [5.41, 5.74) is 0. The fraction of sp³-hybridized carbons (Fsp3) is 0.677. The van der Waals surface area contributed by atoms with Crippen LogP contribution in [0.4, 0.5) is 0 Å². The van der Waals surface area contributed by atoms with Crippen molar-refractivity contribution in [3.8, 4) is 0 Å². The number of carbonyl (C=O) groups is 2. The van der Waals surface area contributed by atoms with Crippen LogP contribution in [0, 0.1) is 0 Å². The molecule has 9 nitrogen and oxygen atoms in total. The molecule has 412 valence electrons. The normalized spacial score (nSPS) is 14.1. The van der Waals surface area contributed by atoms with Crippen LogP contribution in [0.3, 0.4) is 0 Å². The Kier molecular flexibility index (Phi) is 50.1. The van der Waals surface area contributed by atoms with Crippen LogP contribution in [0.1, 0.15) is 219 Å².